The third-order valence-electron chi connectivity index (χ3n) is 2.35. The summed E-state index contributed by atoms with van der Waals surface area (Å²) in [7, 11) is 0. The summed E-state index contributed by atoms with van der Waals surface area (Å²) in [5, 5.41) is 5.90. The van der Waals surface area contributed by atoms with Crippen LogP contribution in [0.15, 0.2) is 43.0 Å². The highest BCUT2D eigenvalue weighted by molar-refractivity contribution is 6.07. The van der Waals surface area contributed by atoms with Crippen molar-refractivity contribution in [3.63, 3.8) is 0 Å². The van der Waals surface area contributed by atoms with Crippen LogP contribution in [0.3, 0.4) is 0 Å². The van der Waals surface area contributed by atoms with Crippen molar-refractivity contribution in [2.24, 2.45) is 0 Å². The van der Waals surface area contributed by atoms with E-state index in [9.17, 15) is 4.79 Å². The molecule has 5 nitrogen and oxygen atoms in total. The molecule has 18 heavy (non-hydrogen) atoms. The van der Waals surface area contributed by atoms with E-state index < -0.39 is 0 Å². The Morgan fingerprint density at radius 1 is 1.22 bits per heavy atom. The fourth-order valence-electron chi connectivity index (χ4n) is 1.56. The van der Waals surface area contributed by atoms with Crippen LogP contribution < -0.4 is 10.6 Å². The summed E-state index contributed by atoms with van der Waals surface area (Å²) in [5.41, 5.74) is 1.95. The summed E-state index contributed by atoms with van der Waals surface area (Å²) < 4.78 is 0. The number of hydrogen-bond acceptors (Lipinski definition) is 4. The number of aromatic nitrogens is 2. The number of pyridine rings is 2. The predicted molar refractivity (Wildman–Crippen MR) is 70.6 cm³/mol. The number of carbonyl (C=O) groups is 1. The smallest absolute Gasteiger partial charge is 0.259 e. The molecule has 0 aliphatic carbocycles. The first-order valence-corrected chi connectivity index (χ1v) is 5.70. The summed E-state index contributed by atoms with van der Waals surface area (Å²) >= 11 is 0. The van der Waals surface area contributed by atoms with Crippen LogP contribution in [0.2, 0.25) is 0 Å². The minimum atomic E-state index is -0.202. The molecule has 2 aromatic rings. The van der Waals surface area contributed by atoms with E-state index >= 15 is 0 Å². The molecule has 0 saturated carbocycles. The van der Waals surface area contributed by atoms with Crippen molar-refractivity contribution in [1.82, 2.24) is 9.97 Å². The molecule has 2 rings (SSSR count). The van der Waals surface area contributed by atoms with Gasteiger partial charge in [-0.3, -0.25) is 14.8 Å². The molecule has 0 bridgehead atoms. The fraction of sp³-hybridized carbons (Fsp3) is 0.154. The van der Waals surface area contributed by atoms with Gasteiger partial charge in [0.1, 0.15) is 0 Å². The lowest BCUT2D eigenvalue weighted by Gasteiger charge is -2.10. The Morgan fingerprint density at radius 2 is 2.06 bits per heavy atom. The molecule has 0 atom stereocenters. The van der Waals surface area contributed by atoms with E-state index in [-0.39, 0.29) is 5.91 Å². The van der Waals surface area contributed by atoms with E-state index in [1.807, 2.05) is 6.92 Å². The molecule has 0 radical (unpaired) electrons. The van der Waals surface area contributed by atoms with Gasteiger partial charge in [-0.25, -0.2) is 0 Å². The first-order chi connectivity index (χ1) is 8.81. The van der Waals surface area contributed by atoms with E-state index in [0.717, 1.165) is 12.2 Å². The molecule has 5 heteroatoms. The Balaban J connectivity index is 2.19. The van der Waals surface area contributed by atoms with Crippen molar-refractivity contribution < 1.29 is 4.79 Å². The van der Waals surface area contributed by atoms with E-state index in [4.69, 9.17) is 0 Å². The molecule has 0 saturated heterocycles. The lowest BCUT2D eigenvalue weighted by atomic mass is 10.2. The van der Waals surface area contributed by atoms with Gasteiger partial charge in [0.2, 0.25) is 0 Å². The monoisotopic (exact) mass is 242 g/mol. The largest absolute Gasteiger partial charge is 0.385 e. The Morgan fingerprint density at radius 3 is 2.78 bits per heavy atom. The van der Waals surface area contributed by atoms with Crippen LogP contribution in [0.1, 0.15) is 17.3 Å². The number of carbonyl (C=O) groups excluding carboxylic acids is 1. The molecule has 0 aromatic carbocycles. The molecule has 2 N–H and O–H groups in total. The van der Waals surface area contributed by atoms with Gasteiger partial charge < -0.3 is 10.6 Å². The average molecular weight is 242 g/mol. The third kappa shape index (κ3) is 2.82. The quantitative estimate of drug-likeness (QED) is 0.862. The fourth-order valence-corrected chi connectivity index (χ4v) is 1.56. The number of nitrogens with zero attached hydrogens (tertiary/aromatic N) is 2. The molecule has 0 aliphatic heterocycles. The van der Waals surface area contributed by atoms with Crippen molar-refractivity contribution in [3.8, 4) is 0 Å². The van der Waals surface area contributed by atoms with E-state index in [1.54, 1.807) is 43.0 Å². The van der Waals surface area contributed by atoms with Gasteiger partial charge in [-0.1, -0.05) is 0 Å². The van der Waals surface area contributed by atoms with Crippen molar-refractivity contribution in [3.05, 3.63) is 48.5 Å². The third-order valence-corrected chi connectivity index (χ3v) is 2.35. The number of rotatable bonds is 4. The van der Waals surface area contributed by atoms with E-state index in [2.05, 4.69) is 20.6 Å². The van der Waals surface area contributed by atoms with Gasteiger partial charge in [0.25, 0.3) is 5.91 Å². The minimum absolute atomic E-state index is 0.202. The number of hydrogen-bond donors (Lipinski definition) is 2. The topological polar surface area (TPSA) is 66.9 Å². The average Bonchev–Trinajstić information content (AvgIpc) is 2.41. The lowest BCUT2D eigenvalue weighted by Crippen LogP contribution is -2.15. The molecule has 0 spiro atoms. The Labute approximate surface area is 105 Å². The maximum atomic E-state index is 12.1. The van der Waals surface area contributed by atoms with Crippen LogP contribution in [0.5, 0.6) is 0 Å². The zero-order valence-electron chi connectivity index (χ0n) is 10.1. The Hall–Kier alpha value is -2.43. The number of amides is 1. The van der Waals surface area contributed by atoms with Gasteiger partial charge in [0.15, 0.2) is 0 Å². The van der Waals surface area contributed by atoms with Crippen LogP contribution in [-0.4, -0.2) is 22.4 Å². The van der Waals surface area contributed by atoms with Gasteiger partial charge in [-0.05, 0) is 25.1 Å². The van der Waals surface area contributed by atoms with Gasteiger partial charge in [0, 0.05) is 25.1 Å². The molecular weight excluding hydrogens is 228 g/mol. The van der Waals surface area contributed by atoms with Crippen LogP contribution in [0.25, 0.3) is 0 Å². The van der Waals surface area contributed by atoms with Crippen LogP contribution in [-0.2, 0) is 0 Å². The molecule has 0 aliphatic rings. The highest BCUT2D eigenvalue weighted by Crippen LogP contribution is 2.15. The molecule has 1 amide bonds. The molecule has 2 aromatic heterocycles. The second-order valence-corrected chi connectivity index (χ2v) is 3.65. The lowest BCUT2D eigenvalue weighted by molar-refractivity contribution is 0.102. The van der Waals surface area contributed by atoms with E-state index in [0.29, 0.717) is 11.3 Å². The summed E-state index contributed by atoms with van der Waals surface area (Å²) in [5.74, 6) is -0.202. The predicted octanol–water partition coefficient (Wildman–Crippen LogP) is 2.16. The molecule has 0 fully saturated rings. The second-order valence-electron chi connectivity index (χ2n) is 3.65. The second kappa shape index (κ2) is 5.77. The number of anilines is 2. The van der Waals surface area contributed by atoms with E-state index in [1.165, 1.54) is 0 Å². The standard InChI is InChI=1S/C13H14N4O/c1-2-16-12-5-7-15-9-11(12)13(18)17-10-4-3-6-14-8-10/h3-9H,2H2,1H3,(H,15,16)(H,17,18). The molecular formula is C13H14N4O. The Kier molecular flexibility index (Phi) is 3.86. The maximum absolute atomic E-state index is 12.1. The molecule has 92 valence electrons. The summed E-state index contributed by atoms with van der Waals surface area (Å²) in [6, 6.07) is 5.33. The van der Waals surface area contributed by atoms with Gasteiger partial charge in [-0.2, -0.15) is 0 Å². The zero-order chi connectivity index (χ0) is 12.8. The number of nitrogens with one attached hydrogen (secondary N) is 2. The van der Waals surface area contributed by atoms with Crippen LogP contribution >= 0.6 is 0 Å². The van der Waals surface area contributed by atoms with Gasteiger partial charge >= 0.3 is 0 Å². The maximum Gasteiger partial charge on any atom is 0.259 e. The van der Waals surface area contributed by atoms with Crippen molar-refractivity contribution in [2.75, 3.05) is 17.2 Å². The van der Waals surface area contributed by atoms with Crippen molar-refractivity contribution in [2.45, 2.75) is 6.92 Å². The normalized spacial score (nSPS) is 9.83. The minimum Gasteiger partial charge on any atom is -0.385 e. The summed E-state index contributed by atoms with van der Waals surface area (Å²) in [4.78, 5) is 20.0. The van der Waals surface area contributed by atoms with Crippen molar-refractivity contribution in [1.29, 1.82) is 0 Å². The molecule has 2 heterocycles. The summed E-state index contributed by atoms with van der Waals surface area (Å²) in [6.07, 6.45) is 6.45. The highest BCUT2D eigenvalue weighted by Gasteiger charge is 2.11. The van der Waals surface area contributed by atoms with Crippen LogP contribution in [0, 0.1) is 0 Å². The summed E-state index contributed by atoms with van der Waals surface area (Å²) in [6.45, 7) is 2.72. The Bertz CT molecular complexity index is 528. The van der Waals surface area contributed by atoms with Gasteiger partial charge in [0.05, 0.1) is 23.1 Å². The first-order valence-electron chi connectivity index (χ1n) is 5.70. The SMILES string of the molecule is CCNc1ccncc1C(=O)Nc1cccnc1. The zero-order valence-corrected chi connectivity index (χ0v) is 10.1. The first kappa shape index (κ1) is 12.0. The molecule has 0 unspecified atom stereocenters. The van der Waals surface area contributed by atoms with Gasteiger partial charge in [-0.15, -0.1) is 0 Å². The van der Waals surface area contributed by atoms with Crippen LogP contribution in [0.4, 0.5) is 11.4 Å². The van der Waals surface area contributed by atoms with Crippen molar-refractivity contribution >= 4 is 17.3 Å². The highest BCUT2D eigenvalue weighted by atomic mass is 16.1.